The molecule has 3 heterocycles. The zero-order valence-corrected chi connectivity index (χ0v) is 21.9. The Morgan fingerprint density at radius 2 is 1.62 bits per heavy atom. The zero-order chi connectivity index (χ0) is 27.7. The maximum absolute atomic E-state index is 13.9. The van der Waals surface area contributed by atoms with Gasteiger partial charge in [-0.1, -0.05) is 36.4 Å². The summed E-state index contributed by atoms with van der Waals surface area (Å²) >= 11 is 0. The minimum absolute atomic E-state index is 0.0751. The summed E-state index contributed by atoms with van der Waals surface area (Å²) < 4.78 is 29.2. The molecule has 0 fully saturated rings. The number of rotatable bonds is 6. The molecule has 0 bridgehead atoms. The fourth-order valence-corrected chi connectivity index (χ4v) is 6.24. The van der Waals surface area contributed by atoms with Crippen LogP contribution in [0.5, 0.6) is 0 Å². The highest BCUT2D eigenvalue weighted by Gasteiger charge is 2.33. The minimum Gasteiger partial charge on any atom is -0.368 e. The summed E-state index contributed by atoms with van der Waals surface area (Å²) in [5.41, 5.74) is 8.94. The number of nitrogen functional groups attached to an aromatic ring is 1. The highest BCUT2D eigenvalue weighted by molar-refractivity contribution is 7.92. The fraction of sp³-hybridized carbons (Fsp3) is 0.111. The normalized spacial score (nSPS) is 14.9. The largest absolute Gasteiger partial charge is 0.368 e. The van der Waals surface area contributed by atoms with Crippen LogP contribution in [0.2, 0.25) is 0 Å². The quantitative estimate of drug-likeness (QED) is 0.210. The highest BCUT2D eigenvalue weighted by atomic mass is 32.2. The van der Waals surface area contributed by atoms with Crippen LogP contribution in [0.3, 0.4) is 0 Å². The van der Waals surface area contributed by atoms with Gasteiger partial charge in [-0.05, 0) is 54.4 Å². The summed E-state index contributed by atoms with van der Waals surface area (Å²) in [4.78, 5) is 20.9. The van der Waals surface area contributed by atoms with Crippen molar-refractivity contribution in [2.24, 2.45) is 0 Å². The topological polar surface area (TPSA) is 171 Å². The summed E-state index contributed by atoms with van der Waals surface area (Å²) in [6.07, 6.45) is 2.17. The number of carbonyl (C=O) groups excluding carboxylic acids is 1. The van der Waals surface area contributed by atoms with Gasteiger partial charge >= 0.3 is 6.03 Å². The highest BCUT2D eigenvalue weighted by Crippen LogP contribution is 2.33. The number of aromatic amines is 1. The van der Waals surface area contributed by atoms with Gasteiger partial charge in [0.1, 0.15) is 5.82 Å². The summed E-state index contributed by atoms with van der Waals surface area (Å²) in [6, 6.07) is 21.8. The van der Waals surface area contributed by atoms with Crippen LogP contribution < -0.4 is 26.0 Å². The molecular formula is C27H25N9O3S. The summed E-state index contributed by atoms with van der Waals surface area (Å²) in [5.74, 6) is 0.549. The molecule has 0 aliphatic carbocycles. The van der Waals surface area contributed by atoms with Crippen LogP contribution in [0.4, 0.5) is 33.6 Å². The summed E-state index contributed by atoms with van der Waals surface area (Å²) in [7, 11) is -3.95. The van der Waals surface area contributed by atoms with Crippen molar-refractivity contribution in [2.75, 3.05) is 32.5 Å². The van der Waals surface area contributed by atoms with Crippen LogP contribution in [-0.2, 0) is 16.4 Å². The average molecular weight is 556 g/mol. The Labute approximate surface area is 229 Å². The lowest BCUT2D eigenvalue weighted by atomic mass is 9.99. The van der Waals surface area contributed by atoms with E-state index in [0.29, 0.717) is 40.3 Å². The molecule has 0 spiro atoms. The standard InChI is InChI=1S/C27H25N9O3S/c28-26-33-24(22-15-29-35-25(22)34-26)30-20-14-17-6-4-5-9-23(17)36(16-20)40(38,39)21-12-10-19(11-13-21)32-27(37)31-18-7-2-1-3-8-18/h1-13,15,20H,14,16H2,(H2,31,32,37)(H4,28,29,30,33,34,35). The van der Waals surface area contributed by atoms with Gasteiger partial charge in [0.15, 0.2) is 5.65 Å². The molecule has 5 aromatic rings. The molecule has 2 aromatic heterocycles. The first kappa shape index (κ1) is 25.1. The molecule has 12 nitrogen and oxygen atoms in total. The van der Waals surface area contributed by atoms with Gasteiger partial charge in [0.05, 0.1) is 34.8 Å². The number of hydrogen-bond donors (Lipinski definition) is 5. The van der Waals surface area contributed by atoms with E-state index in [1.165, 1.54) is 16.4 Å². The Bertz CT molecular complexity index is 1790. The fourth-order valence-electron chi connectivity index (χ4n) is 4.69. The van der Waals surface area contributed by atoms with Crippen LogP contribution in [0.15, 0.2) is 90.0 Å². The lowest BCUT2D eigenvalue weighted by Crippen LogP contribution is -2.45. The van der Waals surface area contributed by atoms with Gasteiger partial charge in [0.2, 0.25) is 5.95 Å². The van der Waals surface area contributed by atoms with E-state index in [-0.39, 0.29) is 23.4 Å². The van der Waals surface area contributed by atoms with E-state index in [1.54, 1.807) is 36.5 Å². The van der Waals surface area contributed by atoms with Gasteiger partial charge in [-0.25, -0.2) is 13.2 Å². The number of benzene rings is 3. The second kappa shape index (κ2) is 10.2. The van der Waals surface area contributed by atoms with Crippen LogP contribution in [-0.4, -0.2) is 47.2 Å². The number of nitrogens with one attached hydrogen (secondary N) is 4. The number of hydrogen-bond acceptors (Lipinski definition) is 8. The van der Waals surface area contributed by atoms with Gasteiger partial charge in [-0.3, -0.25) is 9.40 Å². The molecular weight excluding hydrogens is 530 g/mol. The number of amides is 2. The van der Waals surface area contributed by atoms with Crippen molar-refractivity contribution in [1.82, 2.24) is 20.2 Å². The summed E-state index contributed by atoms with van der Waals surface area (Å²) in [5, 5.41) is 16.2. The molecule has 1 aliphatic rings. The lowest BCUT2D eigenvalue weighted by Gasteiger charge is -2.35. The molecule has 0 saturated carbocycles. The third-order valence-corrected chi connectivity index (χ3v) is 8.31. The maximum atomic E-state index is 13.9. The van der Waals surface area contributed by atoms with E-state index in [0.717, 1.165) is 5.56 Å². The molecule has 3 aromatic carbocycles. The number of para-hydroxylation sites is 2. The van der Waals surface area contributed by atoms with Crippen molar-refractivity contribution in [3.8, 4) is 0 Å². The molecule has 1 aliphatic heterocycles. The van der Waals surface area contributed by atoms with Gasteiger partial charge in [-0.15, -0.1) is 0 Å². The van der Waals surface area contributed by atoms with Crippen molar-refractivity contribution in [1.29, 1.82) is 0 Å². The lowest BCUT2D eigenvalue weighted by molar-refractivity contribution is 0.262. The van der Waals surface area contributed by atoms with Crippen molar-refractivity contribution >= 4 is 55.9 Å². The van der Waals surface area contributed by atoms with E-state index < -0.39 is 16.1 Å². The first-order chi connectivity index (χ1) is 19.4. The van der Waals surface area contributed by atoms with Crippen molar-refractivity contribution < 1.29 is 13.2 Å². The minimum atomic E-state index is -3.95. The second-order valence-corrected chi connectivity index (χ2v) is 11.1. The van der Waals surface area contributed by atoms with Gasteiger partial charge < -0.3 is 21.7 Å². The molecule has 13 heteroatoms. The van der Waals surface area contributed by atoms with E-state index in [4.69, 9.17) is 5.73 Å². The van der Waals surface area contributed by atoms with Crippen molar-refractivity contribution in [3.05, 3.63) is 90.6 Å². The molecule has 40 heavy (non-hydrogen) atoms. The number of fused-ring (bicyclic) bond motifs is 2. The smallest absolute Gasteiger partial charge is 0.323 e. The Morgan fingerprint density at radius 1 is 0.925 bits per heavy atom. The van der Waals surface area contributed by atoms with E-state index in [1.807, 2.05) is 36.4 Å². The second-order valence-electron chi connectivity index (χ2n) is 9.24. The molecule has 6 rings (SSSR count). The average Bonchev–Trinajstić information content (AvgIpc) is 3.42. The number of sulfonamides is 1. The third-order valence-electron chi connectivity index (χ3n) is 6.51. The molecule has 6 N–H and O–H groups in total. The molecule has 202 valence electrons. The Balaban J connectivity index is 1.24. The van der Waals surface area contributed by atoms with Crippen LogP contribution in [0.1, 0.15) is 5.56 Å². The van der Waals surface area contributed by atoms with Gasteiger partial charge in [0.25, 0.3) is 10.0 Å². The van der Waals surface area contributed by atoms with E-state index in [2.05, 4.69) is 36.1 Å². The predicted molar refractivity (Wildman–Crippen MR) is 154 cm³/mol. The number of nitrogens with zero attached hydrogens (tertiary/aromatic N) is 4. The Hall–Kier alpha value is -5.17. The number of carbonyl (C=O) groups is 1. The summed E-state index contributed by atoms with van der Waals surface area (Å²) in [6.45, 7) is 0.155. The first-order valence-electron chi connectivity index (χ1n) is 12.4. The molecule has 0 radical (unpaired) electrons. The molecule has 0 saturated heterocycles. The van der Waals surface area contributed by atoms with Gasteiger partial charge in [-0.2, -0.15) is 15.1 Å². The third kappa shape index (κ3) is 4.97. The zero-order valence-electron chi connectivity index (χ0n) is 21.1. The number of urea groups is 1. The van der Waals surface area contributed by atoms with Crippen molar-refractivity contribution in [2.45, 2.75) is 17.4 Å². The van der Waals surface area contributed by atoms with Crippen LogP contribution in [0, 0.1) is 0 Å². The molecule has 1 unspecified atom stereocenters. The predicted octanol–water partition coefficient (Wildman–Crippen LogP) is 3.81. The molecule has 1 atom stereocenters. The maximum Gasteiger partial charge on any atom is 0.323 e. The van der Waals surface area contributed by atoms with Crippen LogP contribution in [0.25, 0.3) is 11.0 Å². The van der Waals surface area contributed by atoms with Crippen LogP contribution >= 0.6 is 0 Å². The monoisotopic (exact) mass is 555 g/mol. The number of H-pyrrole nitrogens is 1. The number of aromatic nitrogens is 4. The Kier molecular flexibility index (Phi) is 6.40. The molecule has 2 amide bonds. The van der Waals surface area contributed by atoms with Crippen molar-refractivity contribution in [3.63, 3.8) is 0 Å². The number of anilines is 5. The number of nitrogens with two attached hydrogens (primary N) is 1. The van der Waals surface area contributed by atoms with E-state index in [9.17, 15) is 13.2 Å². The van der Waals surface area contributed by atoms with Gasteiger partial charge in [0, 0.05) is 11.4 Å². The Morgan fingerprint density at radius 3 is 2.40 bits per heavy atom. The SMILES string of the molecule is Nc1nc(NC2Cc3ccccc3N(S(=O)(=O)c3ccc(NC(=O)Nc4ccccc4)cc3)C2)c2cn[nH]c2n1. The first-order valence-corrected chi connectivity index (χ1v) is 13.9. The van der Waals surface area contributed by atoms with E-state index >= 15 is 0 Å².